The molecule has 1 N–H and O–H groups in total. The molecule has 1 heterocycles. The SMILES string of the molecule is COc1nc(N(CCO)C2CCCC2)ncc1Br. The number of rotatable bonds is 5. The maximum absolute atomic E-state index is 9.20. The molecule has 0 aliphatic heterocycles. The lowest BCUT2D eigenvalue weighted by molar-refractivity contribution is 0.296. The van der Waals surface area contributed by atoms with Gasteiger partial charge in [-0.1, -0.05) is 12.8 Å². The van der Waals surface area contributed by atoms with E-state index in [1.54, 1.807) is 13.3 Å². The highest BCUT2D eigenvalue weighted by molar-refractivity contribution is 9.10. The molecule has 1 aromatic heterocycles. The van der Waals surface area contributed by atoms with E-state index in [-0.39, 0.29) is 6.61 Å². The topological polar surface area (TPSA) is 58.5 Å². The van der Waals surface area contributed by atoms with Crippen LogP contribution in [0.15, 0.2) is 10.7 Å². The van der Waals surface area contributed by atoms with Gasteiger partial charge in [0.05, 0.1) is 24.4 Å². The van der Waals surface area contributed by atoms with E-state index >= 15 is 0 Å². The highest BCUT2D eigenvalue weighted by Crippen LogP contribution is 2.29. The summed E-state index contributed by atoms with van der Waals surface area (Å²) in [4.78, 5) is 10.8. The number of aromatic nitrogens is 2. The van der Waals surface area contributed by atoms with Crippen molar-refractivity contribution in [2.75, 3.05) is 25.2 Å². The first-order valence-electron chi connectivity index (χ1n) is 6.20. The molecule has 0 atom stereocenters. The first kappa shape index (κ1) is 13.5. The zero-order valence-electron chi connectivity index (χ0n) is 10.5. The molecule has 0 radical (unpaired) electrons. The normalized spacial score (nSPS) is 15.9. The third-order valence-electron chi connectivity index (χ3n) is 3.26. The van der Waals surface area contributed by atoms with Gasteiger partial charge in [-0.05, 0) is 28.8 Å². The second-order valence-electron chi connectivity index (χ2n) is 4.38. The average Bonchev–Trinajstić information content (AvgIpc) is 2.90. The third kappa shape index (κ3) is 2.92. The van der Waals surface area contributed by atoms with Crippen molar-refractivity contribution in [1.82, 2.24) is 9.97 Å². The van der Waals surface area contributed by atoms with Gasteiger partial charge in [-0.25, -0.2) is 4.98 Å². The first-order valence-corrected chi connectivity index (χ1v) is 6.99. The van der Waals surface area contributed by atoms with Gasteiger partial charge in [-0.15, -0.1) is 0 Å². The summed E-state index contributed by atoms with van der Waals surface area (Å²) in [5.74, 6) is 1.16. The number of anilines is 1. The van der Waals surface area contributed by atoms with Crippen molar-refractivity contribution in [2.24, 2.45) is 0 Å². The van der Waals surface area contributed by atoms with Crippen molar-refractivity contribution in [3.8, 4) is 5.88 Å². The minimum Gasteiger partial charge on any atom is -0.480 e. The second-order valence-corrected chi connectivity index (χ2v) is 5.24. The fraction of sp³-hybridized carbons (Fsp3) is 0.667. The van der Waals surface area contributed by atoms with Crippen molar-refractivity contribution >= 4 is 21.9 Å². The first-order chi connectivity index (χ1) is 8.76. The number of ether oxygens (including phenoxy) is 1. The Bertz CT molecular complexity index is 397. The average molecular weight is 316 g/mol. The Morgan fingerprint density at radius 2 is 2.22 bits per heavy atom. The maximum atomic E-state index is 9.20. The zero-order chi connectivity index (χ0) is 13.0. The number of hydrogen-bond acceptors (Lipinski definition) is 5. The number of aliphatic hydroxyl groups is 1. The number of aliphatic hydroxyl groups excluding tert-OH is 1. The van der Waals surface area contributed by atoms with Crippen LogP contribution in [-0.4, -0.2) is 41.4 Å². The highest BCUT2D eigenvalue weighted by Gasteiger charge is 2.24. The molecule has 1 aliphatic rings. The number of methoxy groups -OCH3 is 1. The molecule has 6 heteroatoms. The van der Waals surface area contributed by atoms with Crippen LogP contribution in [0.4, 0.5) is 5.95 Å². The van der Waals surface area contributed by atoms with Gasteiger partial charge in [0, 0.05) is 12.6 Å². The van der Waals surface area contributed by atoms with Crippen molar-refractivity contribution in [1.29, 1.82) is 0 Å². The van der Waals surface area contributed by atoms with Gasteiger partial charge < -0.3 is 14.7 Å². The fourth-order valence-corrected chi connectivity index (χ4v) is 2.75. The van der Waals surface area contributed by atoms with Gasteiger partial charge in [0.2, 0.25) is 11.8 Å². The minimum absolute atomic E-state index is 0.109. The van der Waals surface area contributed by atoms with E-state index in [0.29, 0.717) is 24.4 Å². The Hall–Kier alpha value is -0.880. The lowest BCUT2D eigenvalue weighted by Gasteiger charge is -2.28. The summed E-state index contributed by atoms with van der Waals surface area (Å²) in [6.07, 6.45) is 6.45. The van der Waals surface area contributed by atoms with Crippen LogP contribution in [0.25, 0.3) is 0 Å². The molecule has 0 saturated heterocycles. The number of halogens is 1. The van der Waals surface area contributed by atoms with E-state index in [1.165, 1.54) is 12.8 Å². The highest BCUT2D eigenvalue weighted by atomic mass is 79.9. The predicted octanol–water partition coefficient (Wildman–Crippen LogP) is 1.99. The van der Waals surface area contributed by atoms with Gasteiger partial charge >= 0.3 is 0 Å². The zero-order valence-corrected chi connectivity index (χ0v) is 12.1. The van der Waals surface area contributed by atoms with Crippen LogP contribution in [0.1, 0.15) is 25.7 Å². The molecule has 0 spiro atoms. The molecule has 1 fully saturated rings. The lowest BCUT2D eigenvalue weighted by atomic mass is 10.2. The van der Waals surface area contributed by atoms with E-state index < -0.39 is 0 Å². The summed E-state index contributed by atoms with van der Waals surface area (Å²) >= 11 is 3.34. The van der Waals surface area contributed by atoms with Crippen LogP contribution in [0.2, 0.25) is 0 Å². The largest absolute Gasteiger partial charge is 0.480 e. The van der Waals surface area contributed by atoms with Crippen LogP contribution in [0.5, 0.6) is 5.88 Å². The predicted molar refractivity (Wildman–Crippen MR) is 73.0 cm³/mol. The quantitative estimate of drug-likeness (QED) is 0.900. The van der Waals surface area contributed by atoms with E-state index in [2.05, 4.69) is 30.8 Å². The summed E-state index contributed by atoms with van der Waals surface area (Å²) in [6, 6.07) is 0.433. The van der Waals surface area contributed by atoms with Crippen molar-refractivity contribution in [3.63, 3.8) is 0 Å². The molecular formula is C12H18BrN3O2. The molecule has 1 saturated carbocycles. The summed E-state index contributed by atoms with van der Waals surface area (Å²) in [5, 5.41) is 9.20. The molecule has 0 bridgehead atoms. The molecule has 18 heavy (non-hydrogen) atoms. The van der Waals surface area contributed by atoms with Crippen LogP contribution >= 0.6 is 15.9 Å². The van der Waals surface area contributed by atoms with E-state index in [1.807, 2.05) is 0 Å². The van der Waals surface area contributed by atoms with E-state index in [0.717, 1.165) is 17.3 Å². The van der Waals surface area contributed by atoms with Gasteiger partial charge in [-0.3, -0.25) is 0 Å². The van der Waals surface area contributed by atoms with Gasteiger partial charge in [0.15, 0.2) is 0 Å². The van der Waals surface area contributed by atoms with Crippen molar-refractivity contribution in [3.05, 3.63) is 10.7 Å². The Balaban J connectivity index is 2.23. The van der Waals surface area contributed by atoms with Crippen molar-refractivity contribution < 1.29 is 9.84 Å². The van der Waals surface area contributed by atoms with Crippen LogP contribution < -0.4 is 9.64 Å². The minimum atomic E-state index is 0.109. The molecular weight excluding hydrogens is 298 g/mol. The summed E-state index contributed by atoms with van der Waals surface area (Å²) in [7, 11) is 1.59. The van der Waals surface area contributed by atoms with Gasteiger partial charge in [-0.2, -0.15) is 4.98 Å². The van der Waals surface area contributed by atoms with E-state index in [9.17, 15) is 5.11 Å². The molecule has 1 aliphatic carbocycles. The Morgan fingerprint density at radius 1 is 1.50 bits per heavy atom. The fourth-order valence-electron chi connectivity index (χ4n) is 2.39. The number of hydrogen-bond donors (Lipinski definition) is 1. The summed E-state index contributed by atoms with van der Waals surface area (Å²) in [6.45, 7) is 0.674. The second kappa shape index (κ2) is 6.33. The monoisotopic (exact) mass is 315 g/mol. The molecule has 2 rings (SSSR count). The van der Waals surface area contributed by atoms with E-state index in [4.69, 9.17) is 4.74 Å². The smallest absolute Gasteiger partial charge is 0.232 e. The molecule has 0 aromatic carbocycles. The maximum Gasteiger partial charge on any atom is 0.232 e. The van der Waals surface area contributed by atoms with Crippen LogP contribution in [0.3, 0.4) is 0 Å². The standard InChI is InChI=1S/C12H18BrN3O2/c1-18-11-10(13)8-14-12(15-11)16(6-7-17)9-4-2-3-5-9/h8-9,17H,2-7H2,1H3. The van der Waals surface area contributed by atoms with Crippen LogP contribution in [0, 0.1) is 0 Å². The summed E-state index contributed by atoms with van der Waals surface area (Å²) < 4.78 is 5.93. The Kier molecular flexibility index (Phi) is 4.77. The Morgan fingerprint density at radius 3 is 2.83 bits per heavy atom. The van der Waals surface area contributed by atoms with Gasteiger partial charge in [0.25, 0.3) is 0 Å². The molecule has 100 valence electrons. The molecule has 0 unspecified atom stereocenters. The van der Waals surface area contributed by atoms with Gasteiger partial charge in [0.1, 0.15) is 0 Å². The summed E-state index contributed by atoms with van der Waals surface area (Å²) in [5.41, 5.74) is 0. The van der Waals surface area contributed by atoms with Crippen LogP contribution in [-0.2, 0) is 0 Å². The molecule has 1 aromatic rings. The number of nitrogens with zero attached hydrogens (tertiary/aromatic N) is 3. The lowest BCUT2D eigenvalue weighted by Crippen LogP contribution is -2.37. The molecule has 0 amide bonds. The van der Waals surface area contributed by atoms with Crippen molar-refractivity contribution in [2.45, 2.75) is 31.7 Å². The Labute approximate surface area is 115 Å². The third-order valence-corrected chi connectivity index (χ3v) is 3.80. The molecule has 5 nitrogen and oxygen atoms in total.